The van der Waals surface area contributed by atoms with Gasteiger partial charge in [0, 0.05) is 17.6 Å². The second-order valence-corrected chi connectivity index (χ2v) is 9.76. The van der Waals surface area contributed by atoms with Crippen molar-refractivity contribution in [2.24, 2.45) is 5.41 Å². The third-order valence-corrected chi connectivity index (χ3v) is 5.71. The molecule has 35 heavy (non-hydrogen) atoms. The molecule has 0 bridgehead atoms. The van der Waals surface area contributed by atoms with Gasteiger partial charge >= 0.3 is 11.9 Å². The lowest BCUT2D eigenvalue weighted by molar-refractivity contribution is -0.143. The summed E-state index contributed by atoms with van der Waals surface area (Å²) in [4.78, 5) is 31.4. The standard InChI is InChI=1S/C22H28ClN3O.C4H6O4/c1-22(2,3)21(27)26-17-7-4-15(5-8-17)14-25-20-18-11-13-24-12-10-16(18)6-9-19(20)23;5-3(6)1-2-4(7)8/h4-9,24-25H,10-14H2,1-3H3,(H,26,27);1-2H2,(H,5,6)(H,7,8). The molecular weight excluding hydrogens is 470 g/mol. The SMILES string of the molecule is CC(C)(C)C(=O)Nc1ccc(CNc2c(Cl)ccc3c2CCNCC3)cc1.O=C(O)CCC(=O)O. The molecule has 190 valence electrons. The first-order valence-electron chi connectivity index (χ1n) is 11.6. The Hall–Kier alpha value is -3.10. The Morgan fingerprint density at radius 2 is 1.54 bits per heavy atom. The van der Waals surface area contributed by atoms with Crippen molar-refractivity contribution in [3.63, 3.8) is 0 Å². The van der Waals surface area contributed by atoms with Gasteiger partial charge in [-0.3, -0.25) is 14.4 Å². The highest BCUT2D eigenvalue weighted by Gasteiger charge is 2.21. The molecule has 1 aliphatic rings. The van der Waals surface area contributed by atoms with Crippen molar-refractivity contribution in [1.82, 2.24) is 5.32 Å². The molecule has 1 aliphatic heterocycles. The van der Waals surface area contributed by atoms with Crippen molar-refractivity contribution in [3.05, 3.63) is 58.1 Å². The van der Waals surface area contributed by atoms with Crippen LogP contribution in [0.25, 0.3) is 0 Å². The third-order valence-electron chi connectivity index (χ3n) is 5.40. The van der Waals surface area contributed by atoms with Gasteiger partial charge in [-0.25, -0.2) is 0 Å². The van der Waals surface area contributed by atoms with Crippen LogP contribution in [0.15, 0.2) is 36.4 Å². The van der Waals surface area contributed by atoms with Gasteiger partial charge in [-0.15, -0.1) is 0 Å². The Balaban J connectivity index is 0.000000466. The molecule has 0 aliphatic carbocycles. The fourth-order valence-electron chi connectivity index (χ4n) is 3.36. The van der Waals surface area contributed by atoms with E-state index in [0.29, 0.717) is 6.54 Å². The summed E-state index contributed by atoms with van der Waals surface area (Å²) in [6.45, 7) is 8.39. The summed E-state index contributed by atoms with van der Waals surface area (Å²) in [5.41, 5.74) is 5.29. The fourth-order valence-corrected chi connectivity index (χ4v) is 3.61. The number of rotatable bonds is 7. The largest absolute Gasteiger partial charge is 0.481 e. The number of halogens is 1. The molecule has 2 aromatic rings. The molecule has 2 aromatic carbocycles. The number of carboxylic acid groups (broad SMARTS) is 2. The van der Waals surface area contributed by atoms with Crippen LogP contribution < -0.4 is 16.0 Å². The van der Waals surface area contributed by atoms with E-state index in [1.807, 2.05) is 51.1 Å². The summed E-state index contributed by atoms with van der Waals surface area (Å²) >= 11 is 6.48. The van der Waals surface area contributed by atoms with E-state index in [-0.39, 0.29) is 18.7 Å². The van der Waals surface area contributed by atoms with E-state index in [9.17, 15) is 14.4 Å². The third kappa shape index (κ3) is 9.58. The summed E-state index contributed by atoms with van der Waals surface area (Å²) in [6.07, 6.45) is 1.42. The molecule has 0 saturated heterocycles. The lowest BCUT2D eigenvalue weighted by Crippen LogP contribution is -2.27. The van der Waals surface area contributed by atoms with Crippen LogP contribution in [-0.4, -0.2) is 41.1 Å². The molecule has 0 spiro atoms. The van der Waals surface area contributed by atoms with Crippen LogP contribution in [0.5, 0.6) is 0 Å². The van der Waals surface area contributed by atoms with Crippen LogP contribution >= 0.6 is 11.6 Å². The average molecular weight is 504 g/mol. The van der Waals surface area contributed by atoms with Gasteiger partial charge in [-0.05, 0) is 60.8 Å². The zero-order valence-corrected chi connectivity index (χ0v) is 21.2. The summed E-state index contributed by atoms with van der Waals surface area (Å²) in [6, 6.07) is 12.1. The van der Waals surface area contributed by atoms with Gasteiger partial charge in [0.25, 0.3) is 0 Å². The smallest absolute Gasteiger partial charge is 0.303 e. The van der Waals surface area contributed by atoms with Gasteiger partial charge in [0.2, 0.25) is 5.91 Å². The molecule has 0 atom stereocenters. The fraction of sp³-hybridized carbons (Fsp3) is 0.423. The molecule has 9 heteroatoms. The van der Waals surface area contributed by atoms with Gasteiger partial charge in [0.05, 0.1) is 23.6 Å². The van der Waals surface area contributed by atoms with E-state index in [4.69, 9.17) is 21.8 Å². The van der Waals surface area contributed by atoms with Crippen molar-refractivity contribution in [3.8, 4) is 0 Å². The molecule has 5 N–H and O–H groups in total. The van der Waals surface area contributed by atoms with E-state index >= 15 is 0 Å². The molecule has 0 fully saturated rings. The molecule has 1 amide bonds. The summed E-state index contributed by atoms with van der Waals surface area (Å²) < 4.78 is 0. The number of nitrogens with one attached hydrogen (secondary N) is 3. The minimum Gasteiger partial charge on any atom is -0.481 e. The number of amides is 1. The van der Waals surface area contributed by atoms with Crippen molar-refractivity contribution in [2.75, 3.05) is 23.7 Å². The zero-order chi connectivity index (χ0) is 26.0. The van der Waals surface area contributed by atoms with Gasteiger partial charge in [-0.1, -0.05) is 50.6 Å². The van der Waals surface area contributed by atoms with Crippen LogP contribution in [0.3, 0.4) is 0 Å². The predicted octanol–water partition coefficient (Wildman–Crippen LogP) is 4.56. The van der Waals surface area contributed by atoms with Gasteiger partial charge < -0.3 is 26.2 Å². The minimum absolute atomic E-state index is 0.0146. The Morgan fingerprint density at radius 1 is 0.943 bits per heavy atom. The quantitative estimate of drug-likeness (QED) is 0.374. The highest BCUT2D eigenvalue weighted by atomic mass is 35.5. The van der Waals surface area contributed by atoms with E-state index < -0.39 is 17.4 Å². The lowest BCUT2D eigenvalue weighted by Gasteiger charge is -2.18. The highest BCUT2D eigenvalue weighted by Crippen LogP contribution is 2.31. The average Bonchev–Trinajstić information content (AvgIpc) is 3.03. The molecule has 0 unspecified atom stereocenters. The maximum absolute atomic E-state index is 12.1. The first kappa shape index (κ1) is 28.1. The van der Waals surface area contributed by atoms with Crippen LogP contribution in [0.2, 0.25) is 5.02 Å². The van der Waals surface area contributed by atoms with E-state index in [2.05, 4.69) is 22.0 Å². The lowest BCUT2D eigenvalue weighted by atomic mass is 9.95. The minimum atomic E-state index is -1.08. The Morgan fingerprint density at radius 3 is 2.11 bits per heavy atom. The molecule has 0 saturated carbocycles. The number of benzene rings is 2. The normalized spacial score (nSPS) is 12.9. The van der Waals surface area contributed by atoms with Crippen LogP contribution in [-0.2, 0) is 33.8 Å². The van der Waals surface area contributed by atoms with E-state index in [1.54, 1.807) is 0 Å². The van der Waals surface area contributed by atoms with Crippen LogP contribution in [0, 0.1) is 5.41 Å². The summed E-state index contributed by atoms with van der Waals surface area (Å²) in [5, 5.41) is 26.5. The number of aliphatic carboxylic acids is 2. The Bertz CT molecular complexity index is 1020. The van der Waals surface area contributed by atoms with Gasteiger partial charge in [0.1, 0.15) is 0 Å². The van der Waals surface area contributed by atoms with Crippen molar-refractivity contribution in [1.29, 1.82) is 0 Å². The van der Waals surface area contributed by atoms with Crippen molar-refractivity contribution >= 4 is 40.8 Å². The number of carboxylic acids is 2. The number of hydrogen-bond acceptors (Lipinski definition) is 5. The second kappa shape index (κ2) is 13.1. The van der Waals surface area contributed by atoms with Crippen molar-refractivity contribution in [2.45, 2.75) is 53.0 Å². The second-order valence-electron chi connectivity index (χ2n) is 9.35. The highest BCUT2D eigenvalue weighted by molar-refractivity contribution is 6.33. The Labute approximate surface area is 211 Å². The molecule has 0 radical (unpaired) electrons. The summed E-state index contributed by atoms with van der Waals surface area (Å²) in [7, 11) is 0. The number of fused-ring (bicyclic) bond motifs is 1. The number of carbonyl (C=O) groups is 3. The molecule has 3 rings (SSSR count). The molecule has 1 heterocycles. The maximum atomic E-state index is 12.1. The monoisotopic (exact) mass is 503 g/mol. The predicted molar refractivity (Wildman–Crippen MR) is 138 cm³/mol. The van der Waals surface area contributed by atoms with Crippen LogP contribution in [0.1, 0.15) is 50.3 Å². The van der Waals surface area contributed by atoms with Crippen LogP contribution in [0.4, 0.5) is 11.4 Å². The van der Waals surface area contributed by atoms with Crippen molar-refractivity contribution < 1.29 is 24.6 Å². The maximum Gasteiger partial charge on any atom is 0.303 e. The Kier molecular flexibility index (Phi) is 10.5. The zero-order valence-electron chi connectivity index (χ0n) is 20.4. The topological polar surface area (TPSA) is 128 Å². The summed E-state index contributed by atoms with van der Waals surface area (Å²) in [5.74, 6) is -2.14. The van der Waals surface area contributed by atoms with Gasteiger partial charge in [0.15, 0.2) is 0 Å². The number of hydrogen-bond donors (Lipinski definition) is 5. The van der Waals surface area contributed by atoms with E-state index in [1.165, 1.54) is 11.1 Å². The number of anilines is 2. The molecule has 0 aromatic heterocycles. The molecular formula is C26H34ClN3O5. The van der Waals surface area contributed by atoms with Gasteiger partial charge in [-0.2, -0.15) is 0 Å². The first-order chi connectivity index (χ1) is 16.5. The molecule has 8 nitrogen and oxygen atoms in total. The van der Waals surface area contributed by atoms with E-state index in [0.717, 1.165) is 47.9 Å². The number of carbonyl (C=O) groups excluding carboxylic acids is 1. The first-order valence-corrected chi connectivity index (χ1v) is 11.9.